The molecule has 0 saturated heterocycles. The van der Waals surface area contributed by atoms with Crippen LogP contribution >= 0.6 is 33.9 Å². The maximum absolute atomic E-state index is 5.89. The van der Waals surface area contributed by atoms with Crippen LogP contribution in [0.5, 0.6) is 0 Å². The zero-order valence-electron chi connectivity index (χ0n) is 6.09. The van der Waals surface area contributed by atoms with Crippen LogP contribution in [0.4, 0.5) is 0 Å². The van der Waals surface area contributed by atoms with Crippen LogP contribution in [0.3, 0.4) is 0 Å². The summed E-state index contributed by atoms with van der Waals surface area (Å²) in [6.45, 7) is 3.66. The highest BCUT2D eigenvalue weighted by Gasteiger charge is 2.08. The molecule has 0 radical (unpaired) electrons. The van der Waals surface area contributed by atoms with Crippen molar-refractivity contribution in [3.8, 4) is 0 Å². The summed E-state index contributed by atoms with van der Waals surface area (Å²) in [4.78, 5) is 1.27. The normalized spacial score (nSPS) is 12.9. The van der Waals surface area contributed by atoms with Crippen LogP contribution in [0, 0.1) is 3.57 Å². The first kappa shape index (κ1) is 9.22. The van der Waals surface area contributed by atoms with Crippen LogP contribution in [0.15, 0.2) is 24.1 Å². The van der Waals surface area contributed by atoms with Gasteiger partial charge < -0.3 is 5.73 Å². The standard InChI is InChI=1S/C8H10INS/c1-2-3-7(10)8-6(9)4-5-11-8/h2,4-5,7H,1,3,10H2. The van der Waals surface area contributed by atoms with Crippen molar-refractivity contribution in [2.45, 2.75) is 12.5 Å². The third-order valence-electron chi connectivity index (χ3n) is 1.40. The minimum absolute atomic E-state index is 0.138. The van der Waals surface area contributed by atoms with Crippen molar-refractivity contribution >= 4 is 33.9 Å². The second-order valence-electron chi connectivity index (χ2n) is 2.26. The summed E-state index contributed by atoms with van der Waals surface area (Å²) < 4.78 is 1.27. The van der Waals surface area contributed by atoms with Crippen LogP contribution in [0.2, 0.25) is 0 Å². The van der Waals surface area contributed by atoms with Gasteiger partial charge in [0, 0.05) is 14.5 Å². The molecular weight excluding hydrogens is 269 g/mol. The quantitative estimate of drug-likeness (QED) is 0.668. The van der Waals surface area contributed by atoms with E-state index in [9.17, 15) is 0 Å². The van der Waals surface area contributed by atoms with E-state index in [-0.39, 0.29) is 6.04 Å². The zero-order chi connectivity index (χ0) is 8.27. The highest BCUT2D eigenvalue weighted by Crippen LogP contribution is 2.26. The van der Waals surface area contributed by atoms with Gasteiger partial charge in [-0.2, -0.15) is 0 Å². The molecule has 1 heterocycles. The number of hydrogen-bond acceptors (Lipinski definition) is 2. The minimum Gasteiger partial charge on any atom is -0.323 e. The van der Waals surface area contributed by atoms with Crippen LogP contribution in [-0.4, -0.2) is 0 Å². The monoisotopic (exact) mass is 279 g/mol. The molecule has 0 saturated carbocycles. The number of rotatable bonds is 3. The van der Waals surface area contributed by atoms with Gasteiger partial charge in [0.25, 0.3) is 0 Å². The summed E-state index contributed by atoms with van der Waals surface area (Å²) in [6.07, 6.45) is 2.72. The fraction of sp³-hybridized carbons (Fsp3) is 0.250. The summed E-state index contributed by atoms with van der Waals surface area (Å²) in [5.41, 5.74) is 5.89. The molecule has 0 aromatic carbocycles. The van der Waals surface area contributed by atoms with Gasteiger partial charge in [-0.25, -0.2) is 0 Å². The molecule has 0 aliphatic heterocycles. The average molecular weight is 279 g/mol. The summed E-state index contributed by atoms with van der Waals surface area (Å²) in [5.74, 6) is 0. The predicted molar refractivity (Wildman–Crippen MR) is 58.8 cm³/mol. The summed E-state index contributed by atoms with van der Waals surface area (Å²) in [7, 11) is 0. The van der Waals surface area contributed by atoms with E-state index in [2.05, 4.69) is 40.6 Å². The maximum Gasteiger partial charge on any atom is 0.0435 e. The predicted octanol–water partition coefficient (Wildman–Crippen LogP) is 2.93. The lowest BCUT2D eigenvalue weighted by Gasteiger charge is -2.05. The second kappa shape index (κ2) is 4.23. The number of thiophene rings is 1. The Hall–Kier alpha value is 0.130. The fourth-order valence-corrected chi connectivity index (χ4v) is 2.86. The van der Waals surface area contributed by atoms with E-state index < -0.39 is 0 Å². The van der Waals surface area contributed by atoms with Gasteiger partial charge in [-0.05, 0) is 40.5 Å². The van der Waals surface area contributed by atoms with Gasteiger partial charge in [-0.15, -0.1) is 17.9 Å². The molecule has 1 nitrogen and oxygen atoms in total. The maximum atomic E-state index is 5.89. The van der Waals surface area contributed by atoms with Gasteiger partial charge >= 0.3 is 0 Å². The SMILES string of the molecule is C=CCC(N)c1sccc1I. The third-order valence-corrected chi connectivity index (χ3v) is 3.76. The molecule has 2 N–H and O–H groups in total. The van der Waals surface area contributed by atoms with Crippen molar-refractivity contribution in [1.82, 2.24) is 0 Å². The van der Waals surface area contributed by atoms with E-state index in [4.69, 9.17) is 5.73 Å². The summed E-state index contributed by atoms with van der Waals surface area (Å²) >= 11 is 4.02. The first-order valence-electron chi connectivity index (χ1n) is 3.35. The molecule has 1 unspecified atom stereocenters. The molecule has 60 valence electrons. The lowest BCUT2D eigenvalue weighted by Crippen LogP contribution is -2.07. The van der Waals surface area contributed by atoms with Crippen LogP contribution < -0.4 is 5.73 Å². The molecule has 0 aliphatic rings. The fourth-order valence-electron chi connectivity index (χ4n) is 0.857. The Kier molecular flexibility index (Phi) is 3.54. The Balaban J connectivity index is 2.74. The van der Waals surface area contributed by atoms with Gasteiger partial charge in [0.15, 0.2) is 0 Å². The van der Waals surface area contributed by atoms with E-state index in [1.54, 1.807) is 11.3 Å². The van der Waals surface area contributed by atoms with Gasteiger partial charge in [0.2, 0.25) is 0 Å². The van der Waals surface area contributed by atoms with Gasteiger partial charge in [0.1, 0.15) is 0 Å². The summed E-state index contributed by atoms with van der Waals surface area (Å²) in [6, 6.07) is 2.23. The molecule has 1 rings (SSSR count). The Morgan fingerprint density at radius 3 is 3.00 bits per heavy atom. The van der Waals surface area contributed by atoms with Crippen molar-refractivity contribution in [3.63, 3.8) is 0 Å². The molecule has 11 heavy (non-hydrogen) atoms. The van der Waals surface area contributed by atoms with Gasteiger partial charge in [-0.3, -0.25) is 0 Å². The Bertz CT molecular complexity index is 244. The van der Waals surface area contributed by atoms with Crippen molar-refractivity contribution in [2.75, 3.05) is 0 Å². The van der Waals surface area contributed by atoms with Crippen molar-refractivity contribution in [1.29, 1.82) is 0 Å². The van der Waals surface area contributed by atoms with E-state index in [1.165, 1.54) is 8.45 Å². The van der Waals surface area contributed by atoms with E-state index >= 15 is 0 Å². The number of hydrogen-bond donors (Lipinski definition) is 1. The first-order chi connectivity index (χ1) is 5.25. The van der Waals surface area contributed by atoms with Crippen LogP contribution in [-0.2, 0) is 0 Å². The number of nitrogens with two attached hydrogens (primary N) is 1. The van der Waals surface area contributed by atoms with E-state index in [0.29, 0.717) is 0 Å². The summed E-state index contributed by atoms with van der Waals surface area (Å²) in [5, 5.41) is 2.07. The molecule has 0 amide bonds. The molecule has 1 aromatic rings. The molecule has 1 atom stereocenters. The van der Waals surface area contributed by atoms with Crippen molar-refractivity contribution in [2.24, 2.45) is 5.73 Å². The molecule has 3 heteroatoms. The Morgan fingerprint density at radius 2 is 2.55 bits per heavy atom. The molecule has 0 aliphatic carbocycles. The molecule has 0 spiro atoms. The molecular formula is C8H10INS. The van der Waals surface area contributed by atoms with Gasteiger partial charge in [0.05, 0.1) is 0 Å². The molecule has 0 bridgehead atoms. The van der Waals surface area contributed by atoms with Crippen molar-refractivity contribution < 1.29 is 0 Å². The first-order valence-corrected chi connectivity index (χ1v) is 5.31. The molecule has 1 aromatic heterocycles. The largest absolute Gasteiger partial charge is 0.323 e. The highest BCUT2D eigenvalue weighted by molar-refractivity contribution is 14.1. The average Bonchev–Trinajstić information content (AvgIpc) is 2.36. The Morgan fingerprint density at radius 1 is 1.82 bits per heavy atom. The second-order valence-corrected chi connectivity index (χ2v) is 4.37. The topological polar surface area (TPSA) is 26.0 Å². The third kappa shape index (κ3) is 2.28. The lowest BCUT2D eigenvalue weighted by atomic mass is 10.2. The van der Waals surface area contributed by atoms with Crippen molar-refractivity contribution in [3.05, 3.63) is 32.5 Å². The zero-order valence-corrected chi connectivity index (χ0v) is 9.06. The van der Waals surface area contributed by atoms with E-state index in [1.807, 2.05) is 6.08 Å². The Labute approximate surface area is 84.4 Å². The molecule has 0 fully saturated rings. The number of halogens is 1. The van der Waals surface area contributed by atoms with Gasteiger partial charge in [-0.1, -0.05) is 6.08 Å². The van der Waals surface area contributed by atoms with Crippen LogP contribution in [0.1, 0.15) is 17.3 Å². The highest BCUT2D eigenvalue weighted by atomic mass is 127. The van der Waals surface area contributed by atoms with E-state index in [0.717, 1.165) is 6.42 Å². The minimum atomic E-state index is 0.138. The van der Waals surface area contributed by atoms with Crippen LogP contribution in [0.25, 0.3) is 0 Å². The smallest absolute Gasteiger partial charge is 0.0435 e. The lowest BCUT2D eigenvalue weighted by molar-refractivity contribution is 0.754.